The number of hydrogen-bond donors (Lipinski definition) is 1. The molecule has 0 unspecified atom stereocenters. The van der Waals surface area contributed by atoms with Crippen molar-refractivity contribution in [3.63, 3.8) is 0 Å². The molecular weight excluding hydrogens is 282 g/mol. The molecule has 1 N–H and O–H groups in total. The summed E-state index contributed by atoms with van der Waals surface area (Å²) in [7, 11) is 0. The Morgan fingerprint density at radius 2 is 2.09 bits per heavy atom. The fourth-order valence-corrected chi connectivity index (χ4v) is 4.33. The molecule has 3 aliphatic rings. The molecule has 22 heavy (non-hydrogen) atoms. The summed E-state index contributed by atoms with van der Waals surface area (Å²) in [4.78, 5) is 38.0. The molecule has 1 aromatic rings. The molecule has 2 amide bonds. The van der Waals surface area contributed by atoms with Crippen LogP contribution in [-0.2, 0) is 9.59 Å². The van der Waals surface area contributed by atoms with E-state index in [2.05, 4.69) is 0 Å². The number of imide groups is 1. The molecule has 0 radical (unpaired) electrons. The quantitative estimate of drug-likeness (QED) is 0.670. The van der Waals surface area contributed by atoms with Crippen LogP contribution < -0.4 is 4.90 Å². The van der Waals surface area contributed by atoms with Crippen LogP contribution in [0.2, 0.25) is 0 Å². The van der Waals surface area contributed by atoms with E-state index in [1.165, 1.54) is 17.0 Å². The summed E-state index contributed by atoms with van der Waals surface area (Å²) in [5, 5.41) is 9.09. The lowest BCUT2D eigenvalue weighted by molar-refractivity contribution is -0.127. The SMILES string of the molecule is C[C@@]12C(=O)N(c3cccc(C(=O)O)c3)C(=O)[C@@H]1[C@@H]1C=C[C@@H]2C1. The number of carbonyl (C=O) groups is 3. The van der Waals surface area contributed by atoms with E-state index >= 15 is 0 Å². The average molecular weight is 297 g/mol. The van der Waals surface area contributed by atoms with E-state index in [1.807, 2.05) is 19.1 Å². The first-order valence-corrected chi connectivity index (χ1v) is 7.34. The Bertz CT molecular complexity index is 753. The van der Waals surface area contributed by atoms with Crippen molar-refractivity contribution in [2.75, 3.05) is 4.90 Å². The maximum Gasteiger partial charge on any atom is 0.335 e. The molecule has 2 bridgehead atoms. The highest BCUT2D eigenvalue weighted by Crippen LogP contribution is 2.60. The van der Waals surface area contributed by atoms with Gasteiger partial charge in [0.25, 0.3) is 0 Å². The molecule has 0 aromatic heterocycles. The first-order valence-electron chi connectivity index (χ1n) is 7.34. The van der Waals surface area contributed by atoms with Crippen molar-refractivity contribution < 1.29 is 19.5 Å². The van der Waals surface area contributed by atoms with Gasteiger partial charge in [-0.25, -0.2) is 9.69 Å². The summed E-state index contributed by atoms with van der Waals surface area (Å²) < 4.78 is 0. The van der Waals surface area contributed by atoms with Crippen molar-refractivity contribution in [3.8, 4) is 0 Å². The molecule has 5 heteroatoms. The van der Waals surface area contributed by atoms with E-state index in [-0.39, 0.29) is 35.1 Å². The number of carboxylic acids is 1. The van der Waals surface area contributed by atoms with E-state index in [4.69, 9.17) is 5.11 Å². The highest BCUT2D eigenvalue weighted by Gasteiger charge is 2.67. The third-order valence-corrected chi connectivity index (χ3v) is 5.46. The number of aromatic carboxylic acids is 1. The molecule has 1 aliphatic heterocycles. The van der Waals surface area contributed by atoms with Crippen molar-refractivity contribution in [2.24, 2.45) is 23.2 Å². The maximum absolute atomic E-state index is 12.9. The van der Waals surface area contributed by atoms with Crippen LogP contribution in [0.15, 0.2) is 36.4 Å². The Morgan fingerprint density at radius 3 is 2.77 bits per heavy atom. The van der Waals surface area contributed by atoms with Gasteiger partial charge in [0.05, 0.1) is 22.6 Å². The van der Waals surface area contributed by atoms with E-state index < -0.39 is 11.4 Å². The average Bonchev–Trinajstić information content (AvgIpc) is 3.12. The third kappa shape index (κ3) is 1.41. The van der Waals surface area contributed by atoms with Crippen LogP contribution in [0.5, 0.6) is 0 Å². The number of amides is 2. The first kappa shape index (κ1) is 13.2. The van der Waals surface area contributed by atoms with Crippen molar-refractivity contribution in [1.82, 2.24) is 0 Å². The summed E-state index contributed by atoms with van der Waals surface area (Å²) >= 11 is 0. The lowest BCUT2D eigenvalue weighted by Gasteiger charge is -2.28. The van der Waals surface area contributed by atoms with E-state index in [0.29, 0.717) is 5.69 Å². The molecular formula is C17H15NO4. The summed E-state index contributed by atoms with van der Waals surface area (Å²) in [5.74, 6) is -1.57. The molecule has 4 rings (SSSR count). The third-order valence-electron chi connectivity index (χ3n) is 5.46. The Morgan fingerprint density at radius 1 is 1.32 bits per heavy atom. The van der Waals surface area contributed by atoms with Crippen LogP contribution >= 0.6 is 0 Å². The molecule has 4 atom stereocenters. The Labute approximate surface area is 127 Å². The largest absolute Gasteiger partial charge is 0.478 e. The number of carboxylic acid groups (broad SMARTS) is 1. The van der Waals surface area contributed by atoms with Crippen LogP contribution in [0.4, 0.5) is 5.69 Å². The summed E-state index contributed by atoms with van der Waals surface area (Å²) in [6, 6.07) is 6.01. The van der Waals surface area contributed by atoms with Gasteiger partial charge in [-0.1, -0.05) is 18.2 Å². The number of anilines is 1. The molecule has 1 saturated heterocycles. The van der Waals surface area contributed by atoms with Gasteiger partial charge in [0.1, 0.15) is 0 Å². The van der Waals surface area contributed by atoms with Crippen LogP contribution in [0.1, 0.15) is 23.7 Å². The molecule has 2 aliphatic carbocycles. The highest BCUT2D eigenvalue weighted by molar-refractivity contribution is 6.24. The molecule has 2 fully saturated rings. The standard InChI is InChI=1S/C17H15NO4/c1-17-11-6-5-9(7-11)13(17)14(19)18(16(17)22)12-4-2-3-10(8-12)15(20)21/h2-6,8-9,11,13H,7H2,1H3,(H,20,21)/t9-,11-,13+,17+/m1/s1. The zero-order valence-corrected chi connectivity index (χ0v) is 12.0. The van der Waals surface area contributed by atoms with E-state index in [1.54, 1.807) is 12.1 Å². The van der Waals surface area contributed by atoms with Gasteiger partial charge in [0.2, 0.25) is 11.8 Å². The monoisotopic (exact) mass is 297 g/mol. The van der Waals surface area contributed by atoms with Gasteiger partial charge < -0.3 is 5.11 Å². The summed E-state index contributed by atoms with van der Waals surface area (Å²) in [6.45, 7) is 1.87. The zero-order chi connectivity index (χ0) is 15.6. The van der Waals surface area contributed by atoms with E-state index in [0.717, 1.165) is 6.42 Å². The lowest BCUT2D eigenvalue weighted by atomic mass is 9.71. The number of carbonyl (C=O) groups excluding carboxylic acids is 2. The second kappa shape index (κ2) is 4.06. The maximum atomic E-state index is 12.9. The van der Waals surface area contributed by atoms with Gasteiger partial charge in [-0.05, 0) is 43.4 Å². The zero-order valence-electron chi connectivity index (χ0n) is 12.0. The van der Waals surface area contributed by atoms with Gasteiger partial charge in [-0.3, -0.25) is 9.59 Å². The summed E-state index contributed by atoms with van der Waals surface area (Å²) in [6.07, 6.45) is 4.95. The second-order valence-electron chi connectivity index (χ2n) is 6.49. The van der Waals surface area contributed by atoms with Crippen LogP contribution in [-0.4, -0.2) is 22.9 Å². The van der Waals surface area contributed by atoms with Crippen molar-refractivity contribution in [1.29, 1.82) is 0 Å². The lowest BCUT2D eigenvalue weighted by Crippen LogP contribution is -2.37. The molecule has 1 heterocycles. The highest BCUT2D eigenvalue weighted by atomic mass is 16.4. The molecule has 112 valence electrons. The predicted octanol–water partition coefficient (Wildman–Crippen LogP) is 2.09. The Hall–Kier alpha value is -2.43. The van der Waals surface area contributed by atoms with Gasteiger partial charge >= 0.3 is 5.97 Å². The number of nitrogens with zero attached hydrogens (tertiary/aromatic N) is 1. The fraction of sp³-hybridized carbons (Fsp3) is 0.353. The number of benzene rings is 1. The Kier molecular flexibility index (Phi) is 2.45. The number of fused-ring (bicyclic) bond motifs is 5. The van der Waals surface area contributed by atoms with Crippen LogP contribution in [0, 0.1) is 23.2 Å². The number of hydrogen-bond acceptors (Lipinski definition) is 3. The topological polar surface area (TPSA) is 74.7 Å². The van der Waals surface area contributed by atoms with Crippen LogP contribution in [0.25, 0.3) is 0 Å². The number of rotatable bonds is 2. The minimum Gasteiger partial charge on any atom is -0.478 e. The minimum absolute atomic E-state index is 0.0707. The number of allylic oxidation sites excluding steroid dienone is 2. The van der Waals surface area contributed by atoms with Gasteiger partial charge in [-0.2, -0.15) is 0 Å². The van der Waals surface area contributed by atoms with Gasteiger partial charge in [-0.15, -0.1) is 0 Å². The molecule has 1 aromatic carbocycles. The van der Waals surface area contributed by atoms with Gasteiger partial charge in [0, 0.05) is 0 Å². The second-order valence-corrected chi connectivity index (χ2v) is 6.49. The van der Waals surface area contributed by atoms with Crippen molar-refractivity contribution >= 4 is 23.5 Å². The normalized spacial score (nSPS) is 35.3. The first-order chi connectivity index (χ1) is 10.4. The van der Waals surface area contributed by atoms with Crippen molar-refractivity contribution in [2.45, 2.75) is 13.3 Å². The molecule has 0 spiro atoms. The van der Waals surface area contributed by atoms with Gasteiger partial charge in [0.15, 0.2) is 0 Å². The summed E-state index contributed by atoms with van der Waals surface area (Å²) in [5.41, 5.74) is -0.262. The molecule has 1 saturated carbocycles. The van der Waals surface area contributed by atoms with Crippen LogP contribution in [0.3, 0.4) is 0 Å². The predicted molar refractivity (Wildman–Crippen MR) is 78.2 cm³/mol. The smallest absolute Gasteiger partial charge is 0.335 e. The minimum atomic E-state index is -1.07. The Balaban J connectivity index is 1.79. The van der Waals surface area contributed by atoms with Crippen molar-refractivity contribution in [3.05, 3.63) is 42.0 Å². The molecule has 5 nitrogen and oxygen atoms in total. The van der Waals surface area contributed by atoms with E-state index in [9.17, 15) is 14.4 Å². The fourth-order valence-electron chi connectivity index (χ4n) is 4.33.